The Labute approximate surface area is 149 Å². The number of benzene rings is 2. The van der Waals surface area contributed by atoms with Crippen LogP contribution in [0.25, 0.3) is 0 Å². The molecular formula is C17H15FN2O3S2. The largest absolute Gasteiger partial charge is 0.310 e. The van der Waals surface area contributed by atoms with Crippen LogP contribution >= 0.6 is 11.8 Å². The van der Waals surface area contributed by atoms with Crippen LogP contribution in [-0.4, -0.2) is 26.1 Å². The van der Waals surface area contributed by atoms with Crippen LogP contribution < -0.4 is 9.62 Å². The molecule has 1 atom stereocenters. The monoisotopic (exact) mass is 378 g/mol. The zero-order valence-electron chi connectivity index (χ0n) is 13.3. The van der Waals surface area contributed by atoms with Crippen molar-refractivity contribution in [1.82, 2.24) is 0 Å². The highest BCUT2D eigenvalue weighted by molar-refractivity contribution is 8.00. The van der Waals surface area contributed by atoms with E-state index >= 15 is 0 Å². The predicted molar refractivity (Wildman–Crippen MR) is 95.0 cm³/mol. The topological polar surface area (TPSA) is 66.5 Å². The molecule has 0 saturated heterocycles. The Balaban J connectivity index is 1.79. The highest BCUT2D eigenvalue weighted by Crippen LogP contribution is 2.46. The summed E-state index contributed by atoms with van der Waals surface area (Å²) >= 11 is 1.64. The number of hydrogen-bond acceptors (Lipinski definition) is 4. The highest BCUT2D eigenvalue weighted by atomic mass is 32.2. The number of carbonyl (C=O) groups excluding carboxylic acids is 1. The van der Waals surface area contributed by atoms with Gasteiger partial charge in [0.25, 0.3) is 10.0 Å². The average Bonchev–Trinajstić information content (AvgIpc) is 2.84. The lowest BCUT2D eigenvalue weighted by molar-refractivity contribution is -0.117. The quantitative estimate of drug-likeness (QED) is 0.892. The summed E-state index contributed by atoms with van der Waals surface area (Å²) in [4.78, 5) is 15.0. The van der Waals surface area contributed by atoms with Gasteiger partial charge in [0.1, 0.15) is 5.82 Å². The van der Waals surface area contributed by atoms with Gasteiger partial charge in [0, 0.05) is 22.3 Å². The number of anilines is 2. The first-order chi connectivity index (χ1) is 11.8. The summed E-state index contributed by atoms with van der Waals surface area (Å²) < 4.78 is 41.3. The van der Waals surface area contributed by atoms with E-state index in [1.165, 1.54) is 24.3 Å². The fourth-order valence-corrected chi connectivity index (χ4v) is 5.68. The number of hydrogen-bond donors (Lipinski definition) is 1. The molecule has 0 aliphatic carbocycles. The van der Waals surface area contributed by atoms with E-state index in [4.69, 9.17) is 0 Å². The summed E-state index contributed by atoms with van der Waals surface area (Å²) in [6.07, 6.45) is 0.0653. The van der Waals surface area contributed by atoms with Crippen molar-refractivity contribution >= 4 is 39.1 Å². The maximum Gasteiger partial charge on any atom is 0.262 e. The van der Waals surface area contributed by atoms with E-state index in [0.29, 0.717) is 17.8 Å². The minimum absolute atomic E-state index is 0.0653. The SMILES string of the molecule is CC1CN2C(=O)Cc3c(S(=O)(=O)Nc4cccc(F)c4)ccc(c32)S1. The molecule has 2 aliphatic rings. The van der Waals surface area contributed by atoms with E-state index in [1.54, 1.807) is 22.7 Å². The Morgan fingerprint density at radius 3 is 2.84 bits per heavy atom. The first-order valence-corrected chi connectivity index (χ1v) is 10.1. The minimum atomic E-state index is -3.92. The van der Waals surface area contributed by atoms with Crippen molar-refractivity contribution in [2.75, 3.05) is 16.2 Å². The number of nitrogens with one attached hydrogen (secondary N) is 1. The number of rotatable bonds is 3. The molecule has 0 spiro atoms. The molecule has 1 amide bonds. The second-order valence-corrected chi connectivity index (χ2v) is 9.25. The highest BCUT2D eigenvalue weighted by Gasteiger charge is 2.38. The summed E-state index contributed by atoms with van der Waals surface area (Å²) in [5.74, 6) is -0.612. The number of amides is 1. The Hall–Kier alpha value is -2.06. The normalized spacial score (nSPS) is 19.0. The van der Waals surface area contributed by atoms with Gasteiger partial charge in [0.15, 0.2) is 0 Å². The van der Waals surface area contributed by atoms with Crippen LogP contribution in [0.3, 0.4) is 0 Å². The summed E-state index contributed by atoms with van der Waals surface area (Å²) in [5, 5.41) is 0.260. The van der Waals surface area contributed by atoms with Gasteiger partial charge < -0.3 is 4.90 Å². The summed E-state index contributed by atoms with van der Waals surface area (Å²) in [6, 6.07) is 8.54. The third-order valence-electron chi connectivity index (χ3n) is 4.24. The van der Waals surface area contributed by atoms with Crippen LogP contribution in [0, 0.1) is 5.82 Å². The number of nitrogens with zero attached hydrogens (tertiary/aromatic N) is 1. The van der Waals surface area contributed by atoms with Crippen LogP contribution in [0.5, 0.6) is 0 Å². The van der Waals surface area contributed by atoms with Crippen molar-refractivity contribution < 1.29 is 17.6 Å². The molecule has 2 aromatic rings. The summed E-state index contributed by atoms with van der Waals surface area (Å²) in [5.41, 5.74) is 1.37. The van der Waals surface area contributed by atoms with Gasteiger partial charge in [-0.3, -0.25) is 9.52 Å². The Morgan fingerprint density at radius 2 is 2.08 bits per heavy atom. The first-order valence-electron chi connectivity index (χ1n) is 7.76. The van der Waals surface area contributed by atoms with Crippen molar-refractivity contribution in [3.8, 4) is 0 Å². The fraction of sp³-hybridized carbons (Fsp3) is 0.235. The van der Waals surface area contributed by atoms with E-state index < -0.39 is 15.8 Å². The van der Waals surface area contributed by atoms with E-state index in [1.807, 2.05) is 6.92 Å². The van der Waals surface area contributed by atoms with Crippen LogP contribution in [-0.2, 0) is 21.2 Å². The van der Waals surface area contributed by atoms with E-state index in [0.717, 1.165) is 11.0 Å². The van der Waals surface area contributed by atoms with Crippen molar-refractivity contribution in [2.24, 2.45) is 0 Å². The van der Waals surface area contributed by atoms with Gasteiger partial charge in [0.2, 0.25) is 5.91 Å². The first kappa shape index (κ1) is 16.4. The lowest BCUT2D eigenvalue weighted by Crippen LogP contribution is -2.35. The van der Waals surface area contributed by atoms with E-state index in [-0.39, 0.29) is 28.2 Å². The van der Waals surface area contributed by atoms with Crippen LogP contribution in [0.2, 0.25) is 0 Å². The number of carbonyl (C=O) groups is 1. The minimum Gasteiger partial charge on any atom is -0.310 e. The van der Waals surface area contributed by atoms with Gasteiger partial charge in [-0.15, -0.1) is 11.8 Å². The Kier molecular flexibility index (Phi) is 3.77. The third kappa shape index (κ3) is 2.79. The van der Waals surface area contributed by atoms with Crippen LogP contribution in [0.4, 0.5) is 15.8 Å². The Morgan fingerprint density at radius 1 is 1.28 bits per heavy atom. The predicted octanol–water partition coefficient (Wildman–Crippen LogP) is 3.01. The lowest BCUT2D eigenvalue weighted by atomic mass is 10.1. The second kappa shape index (κ2) is 5.74. The lowest BCUT2D eigenvalue weighted by Gasteiger charge is -2.29. The molecule has 0 saturated carbocycles. The molecule has 2 heterocycles. The molecule has 25 heavy (non-hydrogen) atoms. The van der Waals surface area contributed by atoms with Gasteiger partial charge in [-0.1, -0.05) is 13.0 Å². The molecule has 130 valence electrons. The van der Waals surface area contributed by atoms with Crippen molar-refractivity contribution in [3.63, 3.8) is 0 Å². The molecule has 2 aliphatic heterocycles. The summed E-state index contributed by atoms with van der Waals surface area (Å²) in [7, 11) is -3.92. The van der Waals surface area contributed by atoms with E-state index in [2.05, 4.69) is 4.72 Å². The number of halogens is 1. The smallest absolute Gasteiger partial charge is 0.262 e. The van der Waals surface area contributed by atoms with Gasteiger partial charge in [-0.25, -0.2) is 12.8 Å². The fourth-order valence-electron chi connectivity index (χ4n) is 3.25. The van der Waals surface area contributed by atoms with Crippen molar-refractivity contribution in [2.45, 2.75) is 28.4 Å². The molecule has 4 rings (SSSR count). The molecule has 1 N–H and O–H groups in total. The molecule has 5 nitrogen and oxygen atoms in total. The second-order valence-electron chi connectivity index (χ2n) is 6.11. The molecule has 8 heteroatoms. The molecule has 2 aromatic carbocycles. The molecule has 1 unspecified atom stereocenters. The van der Waals surface area contributed by atoms with Crippen LogP contribution in [0.15, 0.2) is 46.2 Å². The molecule has 0 bridgehead atoms. The van der Waals surface area contributed by atoms with Gasteiger partial charge in [-0.2, -0.15) is 0 Å². The van der Waals surface area contributed by atoms with Crippen molar-refractivity contribution in [1.29, 1.82) is 0 Å². The van der Waals surface area contributed by atoms with Gasteiger partial charge in [-0.05, 0) is 30.3 Å². The maximum absolute atomic E-state index is 13.3. The van der Waals surface area contributed by atoms with Crippen LogP contribution in [0.1, 0.15) is 12.5 Å². The average molecular weight is 378 g/mol. The van der Waals surface area contributed by atoms with Gasteiger partial charge in [0.05, 0.1) is 22.7 Å². The number of sulfonamides is 1. The van der Waals surface area contributed by atoms with Gasteiger partial charge >= 0.3 is 0 Å². The number of thioether (sulfide) groups is 1. The molecule has 0 radical (unpaired) electrons. The van der Waals surface area contributed by atoms with Crippen molar-refractivity contribution in [3.05, 3.63) is 47.8 Å². The third-order valence-corrected chi connectivity index (χ3v) is 6.84. The molecular weight excluding hydrogens is 363 g/mol. The molecule has 0 fully saturated rings. The summed E-state index contributed by atoms with van der Waals surface area (Å²) in [6.45, 7) is 2.61. The zero-order valence-corrected chi connectivity index (χ0v) is 15.0. The van der Waals surface area contributed by atoms with E-state index in [9.17, 15) is 17.6 Å². The Bertz CT molecular complexity index is 991. The zero-order chi connectivity index (χ0) is 17.8. The standard InChI is InChI=1S/C17H15FN2O3S2/c1-10-9-20-16(21)8-13-15(6-5-14(24-10)17(13)20)25(22,23)19-12-4-2-3-11(18)7-12/h2-7,10,19H,8-9H2,1H3. The maximum atomic E-state index is 13.3. The molecule has 0 aromatic heterocycles.